The van der Waals surface area contributed by atoms with Crippen LogP contribution in [0.5, 0.6) is 0 Å². The molecule has 2 aromatic carbocycles. The van der Waals surface area contributed by atoms with Crippen molar-refractivity contribution in [2.24, 2.45) is 5.92 Å². The molecule has 0 aliphatic carbocycles. The Morgan fingerprint density at radius 3 is 2.39 bits per heavy atom. The van der Waals surface area contributed by atoms with E-state index in [9.17, 15) is 9.00 Å². The van der Waals surface area contributed by atoms with E-state index >= 15 is 0 Å². The molecule has 1 fully saturated rings. The number of hydrogen-bond acceptors (Lipinski definition) is 6. The molecule has 1 heterocycles. The summed E-state index contributed by atoms with van der Waals surface area (Å²) in [5.41, 5.74) is 3.33. The number of nitrogens with zero attached hydrogens (tertiary/aromatic N) is 1. The Morgan fingerprint density at radius 2 is 1.79 bits per heavy atom. The van der Waals surface area contributed by atoms with E-state index in [0.717, 1.165) is 17.5 Å². The number of hydroxylamine groups is 2. The summed E-state index contributed by atoms with van der Waals surface area (Å²) < 4.78 is 18.6. The summed E-state index contributed by atoms with van der Waals surface area (Å²) in [6.07, 6.45) is 2.55. The van der Waals surface area contributed by atoms with Gasteiger partial charge in [0.2, 0.25) is 17.0 Å². The standard InChI is InChI=1S/C25H34N2O5S/c1-18(2)4-13-25(28)26-22-14-15-27(23(16-22)17-31-29)32-33(30)24-11-9-21(10-12-24)20-7-5-19(3)6-8-20/h5-12,18,22-23,29H,4,13-17H2,1-3H3,(H,26,28). The van der Waals surface area contributed by atoms with Crippen LogP contribution in [0.25, 0.3) is 11.1 Å². The smallest absolute Gasteiger partial charge is 0.220 e. The zero-order valence-electron chi connectivity index (χ0n) is 19.5. The number of piperidine rings is 1. The van der Waals surface area contributed by atoms with Crippen LogP contribution in [0, 0.1) is 12.8 Å². The van der Waals surface area contributed by atoms with Gasteiger partial charge < -0.3 is 5.32 Å². The van der Waals surface area contributed by atoms with Crippen LogP contribution in [0.2, 0.25) is 0 Å². The molecule has 180 valence electrons. The maximum Gasteiger partial charge on any atom is 0.220 e. The first kappa shape index (κ1) is 25.5. The maximum absolute atomic E-state index is 12.8. The van der Waals surface area contributed by atoms with E-state index in [1.807, 2.05) is 19.1 Å². The molecule has 1 saturated heterocycles. The summed E-state index contributed by atoms with van der Waals surface area (Å²) in [4.78, 5) is 17.1. The highest BCUT2D eigenvalue weighted by atomic mass is 32.2. The summed E-state index contributed by atoms with van der Waals surface area (Å²) in [6.45, 7) is 6.70. The Labute approximate surface area is 198 Å². The van der Waals surface area contributed by atoms with Crippen molar-refractivity contribution in [1.82, 2.24) is 10.4 Å². The lowest BCUT2D eigenvalue weighted by molar-refractivity contribution is -0.267. The Bertz CT molecular complexity index is 917. The highest BCUT2D eigenvalue weighted by Crippen LogP contribution is 2.24. The third kappa shape index (κ3) is 7.72. The molecule has 3 unspecified atom stereocenters. The van der Waals surface area contributed by atoms with Crippen molar-refractivity contribution in [3.63, 3.8) is 0 Å². The molecule has 33 heavy (non-hydrogen) atoms. The minimum atomic E-state index is -1.70. The van der Waals surface area contributed by atoms with Gasteiger partial charge in [0.25, 0.3) is 0 Å². The first-order valence-corrected chi connectivity index (χ1v) is 12.5. The van der Waals surface area contributed by atoms with Crippen molar-refractivity contribution in [1.29, 1.82) is 0 Å². The largest absolute Gasteiger partial charge is 0.353 e. The van der Waals surface area contributed by atoms with Gasteiger partial charge in [-0.05, 0) is 55.4 Å². The predicted molar refractivity (Wildman–Crippen MR) is 128 cm³/mol. The highest BCUT2D eigenvalue weighted by Gasteiger charge is 2.32. The van der Waals surface area contributed by atoms with Crippen LogP contribution in [0.4, 0.5) is 0 Å². The number of nitrogens with one attached hydrogen (secondary N) is 1. The average Bonchev–Trinajstić information content (AvgIpc) is 2.80. The minimum absolute atomic E-state index is 0.00191. The Kier molecular flexibility index (Phi) is 9.58. The van der Waals surface area contributed by atoms with Gasteiger partial charge in [-0.2, -0.15) is 9.35 Å². The molecule has 3 rings (SSSR count). The van der Waals surface area contributed by atoms with Crippen LogP contribution in [0.3, 0.4) is 0 Å². The zero-order valence-corrected chi connectivity index (χ0v) is 20.3. The van der Waals surface area contributed by atoms with Crippen LogP contribution in [0.15, 0.2) is 53.4 Å². The van der Waals surface area contributed by atoms with Crippen LogP contribution in [-0.4, -0.2) is 45.7 Å². The second kappa shape index (κ2) is 12.4. The van der Waals surface area contributed by atoms with E-state index in [1.54, 1.807) is 17.2 Å². The number of amides is 1. The van der Waals surface area contributed by atoms with Crippen molar-refractivity contribution in [2.75, 3.05) is 13.2 Å². The van der Waals surface area contributed by atoms with Gasteiger partial charge in [-0.3, -0.25) is 10.1 Å². The van der Waals surface area contributed by atoms with Crippen molar-refractivity contribution in [3.05, 3.63) is 54.1 Å². The van der Waals surface area contributed by atoms with Gasteiger partial charge in [-0.1, -0.05) is 55.8 Å². The van der Waals surface area contributed by atoms with Crippen molar-refractivity contribution < 1.29 is 23.4 Å². The second-order valence-electron chi connectivity index (χ2n) is 9.01. The third-order valence-corrected chi connectivity index (χ3v) is 6.82. The lowest BCUT2D eigenvalue weighted by atomic mass is 9.99. The number of rotatable bonds is 10. The Balaban J connectivity index is 1.57. The lowest BCUT2D eigenvalue weighted by Gasteiger charge is -2.37. The number of benzene rings is 2. The fourth-order valence-electron chi connectivity index (χ4n) is 3.85. The van der Waals surface area contributed by atoms with Crippen LogP contribution >= 0.6 is 0 Å². The molecule has 2 aromatic rings. The quantitative estimate of drug-likeness (QED) is 0.390. The summed E-state index contributed by atoms with van der Waals surface area (Å²) in [7, 11) is 0. The summed E-state index contributed by atoms with van der Waals surface area (Å²) in [5, 5.41) is 13.7. The minimum Gasteiger partial charge on any atom is -0.353 e. The van der Waals surface area contributed by atoms with Crippen molar-refractivity contribution in [2.45, 2.75) is 63.4 Å². The van der Waals surface area contributed by atoms with E-state index in [2.05, 4.69) is 48.3 Å². The normalized spacial score (nSPS) is 20.0. The topological polar surface area (TPSA) is 88.1 Å². The van der Waals surface area contributed by atoms with E-state index < -0.39 is 11.1 Å². The van der Waals surface area contributed by atoms with Gasteiger partial charge in [0.1, 0.15) is 0 Å². The van der Waals surface area contributed by atoms with Crippen LogP contribution < -0.4 is 5.32 Å². The number of carbonyl (C=O) groups is 1. The van der Waals surface area contributed by atoms with Gasteiger partial charge in [0.15, 0.2) is 0 Å². The summed E-state index contributed by atoms with van der Waals surface area (Å²) >= 11 is -1.70. The van der Waals surface area contributed by atoms with E-state index in [-0.39, 0.29) is 24.6 Å². The molecule has 7 nitrogen and oxygen atoms in total. The number of hydrogen-bond donors (Lipinski definition) is 2. The van der Waals surface area contributed by atoms with Gasteiger partial charge in [-0.25, -0.2) is 9.10 Å². The Hall–Kier alpha value is -2.10. The molecule has 1 amide bonds. The molecular weight excluding hydrogens is 440 g/mol. The molecule has 2 N–H and O–H groups in total. The Morgan fingerprint density at radius 1 is 1.15 bits per heavy atom. The first-order chi connectivity index (χ1) is 15.9. The molecule has 0 spiro atoms. The molecular formula is C25H34N2O5S. The molecule has 0 saturated carbocycles. The zero-order chi connectivity index (χ0) is 23.8. The highest BCUT2D eigenvalue weighted by molar-refractivity contribution is 7.80. The molecule has 3 atom stereocenters. The maximum atomic E-state index is 12.8. The monoisotopic (exact) mass is 474 g/mol. The fraction of sp³-hybridized carbons (Fsp3) is 0.480. The van der Waals surface area contributed by atoms with Crippen LogP contribution in [0.1, 0.15) is 45.1 Å². The van der Waals surface area contributed by atoms with Crippen molar-refractivity contribution >= 4 is 17.0 Å². The lowest BCUT2D eigenvalue weighted by Crippen LogP contribution is -2.51. The second-order valence-corrected chi connectivity index (χ2v) is 10.1. The average molecular weight is 475 g/mol. The van der Waals surface area contributed by atoms with Gasteiger partial charge >= 0.3 is 0 Å². The third-order valence-electron chi connectivity index (χ3n) is 5.84. The number of carbonyl (C=O) groups excluding carboxylic acids is 1. The molecule has 0 radical (unpaired) electrons. The van der Waals surface area contributed by atoms with Crippen LogP contribution in [-0.2, 0) is 25.0 Å². The number of aryl methyl sites for hydroxylation is 1. The van der Waals surface area contributed by atoms with Gasteiger partial charge in [-0.15, -0.1) is 0 Å². The van der Waals surface area contributed by atoms with E-state index in [0.29, 0.717) is 36.6 Å². The molecule has 8 heteroatoms. The van der Waals surface area contributed by atoms with Crippen molar-refractivity contribution in [3.8, 4) is 11.1 Å². The van der Waals surface area contributed by atoms with E-state index in [1.165, 1.54) is 5.56 Å². The van der Waals surface area contributed by atoms with Gasteiger partial charge in [0, 0.05) is 19.0 Å². The molecule has 0 aromatic heterocycles. The fourth-order valence-corrected chi connectivity index (χ4v) is 4.66. The summed E-state index contributed by atoms with van der Waals surface area (Å²) in [5.74, 6) is 0.506. The molecule has 0 bridgehead atoms. The van der Waals surface area contributed by atoms with Gasteiger partial charge in [0.05, 0.1) is 17.5 Å². The summed E-state index contributed by atoms with van der Waals surface area (Å²) in [6, 6.07) is 15.3. The van der Waals surface area contributed by atoms with E-state index in [4.69, 9.17) is 9.54 Å². The first-order valence-electron chi connectivity index (χ1n) is 11.5. The molecule has 1 aliphatic rings. The predicted octanol–water partition coefficient (Wildman–Crippen LogP) is 4.49. The SMILES string of the molecule is Cc1ccc(-c2ccc(S(=O)ON3CCC(NC(=O)CCC(C)C)CC3COO)cc2)cc1. The molecule has 1 aliphatic heterocycles.